The largest absolute Gasteiger partial charge is 0.409 e. The molecular weight excluding hydrogens is 242 g/mol. The molecular formula is C13H23N5O. The van der Waals surface area contributed by atoms with Crippen LogP contribution < -0.4 is 5.73 Å². The van der Waals surface area contributed by atoms with Gasteiger partial charge in [-0.05, 0) is 32.9 Å². The highest BCUT2D eigenvalue weighted by molar-refractivity contribution is 5.84. The number of amidine groups is 1. The Morgan fingerprint density at radius 2 is 2.32 bits per heavy atom. The van der Waals surface area contributed by atoms with Crippen molar-refractivity contribution < 1.29 is 5.21 Å². The highest BCUT2D eigenvalue weighted by Crippen LogP contribution is 2.28. The van der Waals surface area contributed by atoms with Gasteiger partial charge >= 0.3 is 0 Å². The van der Waals surface area contributed by atoms with Gasteiger partial charge in [0.05, 0.1) is 17.8 Å². The smallest absolute Gasteiger partial charge is 0.156 e. The van der Waals surface area contributed by atoms with Gasteiger partial charge < -0.3 is 10.9 Å². The Kier molecular flexibility index (Phi) is 4.42. The number of rotatable bonds is 5. The molecule has 1 aromatic rings. The van der Waals surface area contributed by atoms with Gasteiger partial charge in [-0.3, -0.25) is 9.58 Å². The Morgan fingerprint density at radius 3 is 2.95 bits per heavy atom. The zero-order valence-corrected chi connectivity index (χ0v) is 11.7. The minimum atomic E-state index is -0.110. The summed E-state index contributed by atoms with van der Waals surface area (Å²) < 4.78 is 2.09. The number of nitrogens with zero attached hydrogens (tertiary/aromatic N) is 4. The quantitative estimate of drug-likeness (QED) is 0.366. The van der Waals surface area contributed by atoms with Gasteiger partial charge in [0.2, 0.25) is 0 Å². The zero-order valence-electron chi connectivity index (χ0n) is 11.7. The lowest BCUT2D eigenvalue weighted by atomic mass is 10.2. The summed E-state index contributed by atoms with van der Waals surface area (Å²) in [6.45, 7) is 2.60. The van der Waals surface area contributed by atoms with E-state index in [0.29, 0.717) is 12.6 Å². The standard InChI is InChI=1S/C13H23N5O/c1-10(13(14)16-19)17(2)9-11-7-8-18(15-11)12-5-3-4-6-12/h7-8,10,12,19H,3-6,9H2,1-2H3,(H2,14,16). The molecule has 1 atom stereocenters. The molecule has 0 bridgehead atoms. The van der Waals surface area contributed by atoms with E-state index < -0.39 is 0 Å². The highest BCUT2D eigenvalue weighted by atomic mass is 16.4. The van der Waals surface area contributed by atoms with Gasteiger partial charge in [0.25, 0.3) is 0 Å². The molecule has 0 spiro atoms. The molecule has 0 aliphatic heterocycles. The first kappa shape index (κ1) is 13.9. The van der Waals surface area contributed by atoms with Crippen LogP contribution in [0.5, 0.6) is 0 Å². The van der Waals surface area contributed by atoms with Crippen LogP contribution in [0.15, 0.2) is 17.4 Å². The molecule has 1 aromatic heterocycles. The first-order valence-corrected chi connectivity index (χ1v) is 6.83. The topological polar surface area (TPSA) is 79.7 Å². The zero-order chi connectivity index (χ0) is 13.8. The molecule has 1 fully saturated rings. The van der Waals surface area contributed by atoms with E-state index in [1.165, 1.54) is 25.7 Å². The van der Waals surface area contributed by atoms with Gasteiger partial charge in [0.15, 0.2) is 5.84 Å². The summed E-state index contributed by atoms with van der Waals surface area (Å²) in [6.07, 6.45) is 7.14. The third-order valence-electron chi connectivity index (χ3n) is 3.98. The van der Waals surface area contributed by atoms with Crippen LogP contribution >= 0.6 is 0 Å². The van der Waals surface area contributed by atoms with E-state index in [0.717, 1.165) is 5.69 Å². The molecule has 1 aliphatic carbocycles. The summed E-state index contributed by atoms with van der Waals surface area (Å²) in [5.41, 5.74) is 6.63. The number of hydrogen-bond acceptors (Lipinski definition) is 4. The molecule has 0 radical (unpaired) electrons. The van der Waals surface area contributed by atoms with Crippen LogP contribution in [0.2, 0.25) is 0 Å². The number of nitrogens with two attached hydrogens (primary N) is 1. The number of likely N-dealkylation sites (N-methyl/N-ethyl adjacent to an activating group) is 1. The summed E-state index contributed by atoms with van der Waals surface area (Å²) in [4.78, 5) is 2.01. The van der Waals surface area contributed by atoms with Gasteiger partial charge in [0.1, 0.15) is 0 Å². The first-order chi connectivity index (χ1) is 9.11. The van der Waals surface area contributed by atoms with Crippen molar-refractivity contribution in [3.8, 4) is 0 Å². The molecule has 0 saturated heterocycles. The van der Waals surface area contributed by atoms with Crippen molar-refractivity contribution in [1.82, 2.24) is 14.7 Å². The third-order valence-corrected chi connectivity index (χ3v) is 3.98. The van der Waals surface area contributed by atoms with E-state index in [1.54, 1.807) is 0 Å². The minimum absolute atomic E-state index is 0.110. The fraction of sp³-hybridized carbons (Fsp3) is 0.692. The maximum atomic E-state index is 8.68. The molecule has 1 aliphatic rings. The van der Waals surface area contributed by atoms with Crippen molar-refractivity contribution in [1.29, 1.82) is 0 Å². The summed E-state index contributed by atoms with van der Waals surface area (Å²) in [5.74, 6) is 0.220. The Morgan fingerprint density at radius 1 is 1.63 bits per heavy atom. The van der Waals surface area contributed by atoms with E-state index in [4.69, 9.17) is 10.9 Å². The van der Waals surface area contributed by atoms with Crippen molar-refractivity contribution in [2.45, 2.75) is 51.2 Å². The van der Waals surface area contributed by atoms with Gasteiger partial charge in [0, 0.05) is 12.7 Å². The van der Waals surface area contributed by atoms with Gasteiger partial charge in [-0.1, -0.05) is 18.0 Å². The maximum Gasteiger partial charge on any atom is 0.156 e. The molecule has 0 amide bonds. The number of hydrogen-bond donors (Lipinski definition) is 2. The van der Waals surface area contributed by atoms with E-state index in [9.17, 15) is 0 Å². The van der Waals surface area contributed by atoms with Crippen LogP contribution in [0.25, 0.3) is 0 Å². The molecule has 6 heteroatoms. The van der Waals surface area contributed by atoms with Gasteiger partial charge in [-0.15, -0.1) is 0 Å². The summed E-state index contributed by atoms with van der Waals surface area (Å²) in [7, 11) is 1.94. The van der Waals surface area contributed by atoms with E-state index in [1.807, 2.05) is 24.9 Å². The highest BCUT2D eigenvalue weighted by Gasteiger charge is 2.19. The second-order valence-corrected chi connectivity index (χ2v) is 5.34. The Balaban J connectivity index is 1.95. The molecule has 1 unspecified atom stereocenters. The monoisotopic (exact) mass is 265 g/mol. The average Bonchev–Trinajstić information content (AvgIpc) is 3.06. The molecule has 2 rings (SSSR count). The number of oxime groups is 1. The summed E-state index contributed by atoms with van der Waals surface area (Å²) in [5, 5.41) is 16.4. The van der Waals surface area contributed by atoms with Gasteiger partial charge in [-0.2, -0.15) is 5.10 Å². The van der Waals surface area contributed by atoms with Gasteiger partial charge in [-0.25, -0.2) is 0 Å². The van der Waals surface area contributed by atoms with Crippen molar-refractivity contribution in [2.75, 3.05) is 7.05 Å². The number of aromatic nitrogens is 2. The van der Waals surface area contributed by atoms with Crippen LogP contribution in [0.3, 0.4) is 0 Å². The van der Waals surface area contributed by atoms with Crippen LogP contribution in [0, 0.1) is 0 Å². The van der Waals surface area contributed by atoms with Crippen LogP contribution in [-0.2, 0) is 6.54 Å². The van der Waals surface area contributed by atoms with Crippen LogP contribution in [-0.4, -0.2) is 38.8 Å². The SMILES string of the molecule is CC(C(N)=NO)N(C)Cc1ccn(C2CCCC2)n1. The lowest BCUT2D eigenvalue weighted by molar-refractivity contribution is 0.276. The average molecular weight is 265 g/mol. The third kappa shape index (κ3) is 3.26. The normalized spacial score (nSPS) is 19.2. The molecule has 106 valence electrons. The molecule has 3 N–H and O–H groups in total. The molecule has 19 heavy (non-hydrogen) atoms. The fourth-order valence-corrected chi connectivity index (χ4v) is 2.54. The molecule has 1 saturated carbocycles. The molecule has 0 aromatic carbocycles. The summed E-state index contributed by atoms with van der Waals surface area (Å²) in [6, 6.07) is 2.51. The molecule has 6 nitrogen and oxygen atoms in total. The second kappa shape index (κ2) is 6.06. The Labute approximate surface area is 113 Å². The first-order valence-electron chi connectivity index (χ1n) is 6.83. The lowest BCUT2D eigenvalue weighted by Crippen LogP contribution is -2.40. The van der Waals surface area contributed by atoms with E-state index in [-0.39, 0.29) is 11.9 Å². The van der Waals surface area contributed by atoms with Crippen molar-refractivity contribution in [3.05, 3.63) is 18.0 Å². The van der Waals surface area contributed by atoms with E-state index >= 15 is 0 Å². The minimum Gasteiger partial charge on any atom is -0.409 e. The predicted molar refractivity (Wildman–Crippen MR) is 74.1 cm³/mol. The lowest BCUT2D eigenvalue weighted by Gasteiger charge is -2.22. The predicted octanol–water partition coefficient (Wildman–Crippen LogP) is 1.56. The summed E-state index contributed by atoms with van der Waals surface area (Å²) >= 11 is 0. The van der Waals surface area contributed by atoms with Crippen molar-refractivity contribution in [2.24, 2.45) is 10.9 Å². The Hall–Kier alpha value is -1.56. The van der Waals surface area contributed by atoms with Crippen molar-refractivity contribution in [3.63, 3.8) is 0 Å². The van der Waals surface area contributed by atoms with E-state index in [2.05, 4.69) is 21.1 Å². The van der Waals surface area contributed by atoms with Crippen LogP contribution in [0.1, 0.15) is 44.3 Å². The maximum absolute atomic E-state index is 8.68. The Bertz CT molecular complexity index is 436. The fourth-order valence-electron chi connectivity index (χ4n) is 2.54. The molecule has 1 heterocycles. The van der Waals surface area contributed by atoms with Crippen LogP contribution in [0.4, 0.5) is 0 Å². The second-order valence-electron chi connectivity index (χ2n) is 5.34. The van der Waals surface area contributed by atoms with Crippen molar-refractivity contribution >= 4 is 5.84 Å².